The van der Waals surface area contributed by atoms with Crippen molar-refractivity contribution in [2.24, 2.45) is 0 Å². The first kappa shape index (κ1) is 16.6. The van der Waals surface area contributed by atoms with E-state index in [1.54, 1.807) is 13.2 Å². The van der Waals surface area contributed by atoms with Crippen molar-refractivity contribution in [2.45, 2.75) is 19.4 Å². The molecule has 7 heteroatoms. The van der Waals surface area contributed by atoms with Gasteiger partial charge in [-0.25, -0.2) is 4.79 Å². The van der Waals surface area contributed by atoms with Gasteiger partial charge in [0.2, 0.25) is 0 Å². The van der Waals surface area contributed by atoms with Gasteiger partial charge in [0.25, 0.3) is 0 Å². The lowest BCUT2D eigenvalue weighted by atomic mass is 10.3. The maximum absolute atomic E-state index is 11.8. The van der Waals surface area contributed by atoms with Crippen LogP contribution >= 0.6 is 0 Å². The maximum atomic E-state index is 11.8. The van der Waals surface area contributed by atoms with Crippen LogP contribution < -0.4 is 5.32 Å². The van der Waals surface area contributed by atoms with Gasteiger partial charge in [-0.1, -0.05) is 6.08 Å². The quantitative estimate of drug-likeness (QED) is 0.629. The molecule has 0 bridgehead atoms. The van der Waals surface area contributed by atoms with Gasteiger partial charge in [0, 0.05) is 35.4 Å². The fourth-order valence-corrected chi connectivity index (χ4v) is 1.94. The topological polar surface area (TPSA) is 86.7 Å². The predicted octanol–water partition coefficient (Wildman–Crippen LogP) is 0.426. The van der Waals surface area contributed by atoms with Crippen LogP contribution in [-0.2, 0) is 15.6 Å². The number of carbonyl (C=O) groups is 2. The van der Waals surface area contributed by atoms with Crippen LogP contribution in [-0.4, -0.2) is 57.4 Å². The Kier molecular flexibility index (Phi) is 8.02. The van der Waals surface area contributed by atoms with E-state index in [2.05, 4.69) is 11.9 Å². The van der Waals surface area contributed by atoms with E-state index >= 15 is 0 Å². The van der Waals surface area contributed by atoms with Crippen LogP contribution in [0.3, 0.4) is 0 Å². The zero-order chi connectivity index (χ0) is 14.1. The van der Waals surface area contributed by atoms with Crippen molar-refractivity contribution in [3.05, 3.63) is 12.7 Å². The van der Waals surface area contributed by atoms with E-state index in [0.717, 1.165) is 4.90 Å². The molecule has 0 aromatic carbocycles. The number of carbonyl (C=O) groups excluding carboxylic acids is 1. The first-order valence-corrected chi connectivity index (χ1v) is 7.27. The number of nitrogens with zero attached hydrogens (tertiary/aromatic N) is 1. The highest BCUT2D eigenvalue weighted by Gasteiger charge is 2.17. The van der Waals surface area contributed by atoms with Gasteiger partial charge in [-0.15, -0.1) is 6.58 Å². The molecule has 2 atom stereocenters. The number of hydrogen-bond donors (Lipinski definition) is 2. The minimum Gasteiger partial charge on any atom is -0.480 e. The molecule has 0 aliphatic carbocycles. The summed E-state index contributed by atoms with van der Waals surface area (Å²) in [6, 6.07) is -0.603. The van der Waals surface area contributed by atoms with Crippen molar-refractivity contribution in [3.8, 4) is 0 Å². The first-order valence-electron chi connectivity index (χ1n) is 5.55. The second-order valence-corrected chi connectivity index (χ2v) is 5.53. The van der Waals surface area contributed by atoms with Gasteiger partial charge >= 0.3 is 12.0 Å². The molecule has 0 aliphatic heterocycles. The summed E-state index contributed by atoms with van der Waals surface area (Å²) in [5, 5.41) is 11.3. The van der Waals surface area contributed by atoms with Crippen molar-refractivity contribution in [1.82, 2.24) is 10.2 Å². The number of aliphatic carboxylic acids is 1. The first-order chi connectivity index (χ1) is 8.36. The molecule has 0 aromatic heterocycles. The Labute approximate surface area is 110 Å². The summed E-state index contributed by atoms with van der Waals surface area (Å²) in [6.45, 7) is 5.06. The van der Waals surface area contributed by atoms with Crippen LogP contribution in [0.2, 0.25) is 0 Å². The number of urea groups is 1. The summed E-state index contributed by atoms with van der Waals surface area (Å²) in [5.41, 5.74) is 0. The maximum Gasteiger partial charge on any atom is 0.323 e. The van der Waals surface area contributed by atoms with Gasteiger partial charge in [0.15, 0.2) is 0 Å². The Bertz CT molecular complexity index is 333. The molecule has 104 valence electrons. The summed E-state index contributed by atoms with van der Waals surface area (Å²) in [4.78, 5) is 23.5. The van der Waals surface area contributed by atoms with E-state index in [0.29, 0.717) is 12.2 Å². The summed E-state index contributed by atoms with van der Waals surface area (Å²) >= 11 is 0. The zero-order valence-electron chi connectivity index (χ0n) is 10.7. The van der Waals surface area contributed by atoms with Crippen LogP contribution in [0.5, 0.6) is 0 Å². The van der Waals surface area contributed by atoms with Crippen molar-refractivity contribution in [2.75, 3.05) is 25.1 Å². The van der Waals surface area contributed by atoms with Crippen molar-refractivity contribution >= 4 is 22.8 Å². The fraction of sp³-hybridized carbons (Fsp3) is 0.636. The largest absolute Gasteiger partial charge is 0.480 e. The van der Waals surface area contributed by atoms with Gasteiger partial charge in [-0.05, 0) is 13.3 Å². The highest BCUT2D eigenvalue weighted by molar-refractivity contribution is 7.84. The van der Waals surface area contributed by atoms with E-state index < -0.39 is 22.8 Å². The van der Waals surface area contributed by atoms with Gasteiger partial charge in [-0.2, -0.15) is 0 Å². The van der Waals surface area contributed by atoms with Crippen molar-refractivity contribution < 1.29 is 18.9 Å². The normalized spacial score (nSPS) is 13.4. The van der Waals surface area contributed by atoms with Gasteiger partial charge in [-0.3, -0.25) is 9.00 Å². The lowest BCUT2D eigenvalue weighted by molar-refractivity contribution is -0.137. The second kappa shape index (κ2) is 8.68. The lowest BCUT2D eigenvalue weighted by Crippen LogP contribution is -2.46. The molecular weight excluding hydrogens is 256 g/mol. The third-order valence-electron chi connectivity index (χ3n) is 2.17. The number of amides is 2. The molecule has 0 fully saturated rings. The van der Waals surface area contributed by atoms with E-state index in [4.69, 9.17) is 5.11 Å². The van der Waals surface area contributed by atoms with E-state index in [-0.39, 0.29) is 19.1 Å². The van der Waals surface area contributed by atoms with Gasteiger partial charge in [0.1, 0.15) is 6.54 Å². The SMILES string of the molecule is C=CCN(CC(=O)O)C(=O)NC(C)CCS(C)=O. The summed E-state index contributed by atoms with van der Waals surface area (Å²) in [6.07, 6.45) is 3.65. The summed E-state index contributed by atoms with van der Waals surface area (Å²) < 4.78 is 10.9. The molecule has 0 radical (unpaired) electrons. The molecule has 2 unspecified atom stereocenters. The molecule has 18 heavy (non-hydrogen) atoms. The molecule has 0 aliphatic rings. The molecule has 2 amide bonds. The molecule has 0 heterocycles. The summed E-state index contributed by atoms with van der Waals surface area (Å²) in [5.74, 6) is -0.573. The van der Waals surface area contributed by atoms with E-state index in [1.807, 2.05) is 0 Å². The molecular formula is C11H20N2O4S. The monoisotopic (exact) mass is 276 g/mol. The molecule has 2 N–H and O–H groups in total. The molecule has 0 spiro atoms. The standard InChI is InChI=1S/C11H20N2O4S/c1-4-6-13(8-10(14)15)11(16)12-9(2)5-7-18(3)17/h4,9H,1,5-8H2,2-3H3,(H,12,16)(H,14,15). The highest BCUT2D eigenvalue weighted by atomic mass is 32.2. The van der Waals surface area contributed by atoms with E-state index in [1.165, 1.54) is 6.08 Å². The fourth-order valence-electron chi connectivity index (χ4n) is 1.26. The Morgan fingerprint density at radius 3 is 2.61 bits per heavy atom. The highest BCUT2D eigenvalue weighted by Crippen LogP contribution is 1.97. The lowest BCUT2D eigenvalue weighted by Gasteiger charge is -2.22. The number of rotatable bonds is 8. The number of carboxylic acid groups (broad SMARTS) is 1. The predicted molar refractivity (Wildman–Crippen MR) is 70.9 cm³/mol. The molecule has 0 saturated heterocycles. The van der Waals surface area contributed by atoms with Gasteiger partial charge in [0.05, 0.1) is 0 Å². The molecule has 6 nitrogen and oxygen atoms in total. The number of carboxylic acids is 1. The Morgan fingerprint density at radius 2 is 2.17 bits per heavy atom. The second-order valence-electron chi connectivity index (χ2n) is 3.98. The van der Waals surface area contributed by atoms with Crippen LogP contribution in [0.1, 0.15) is 13.3 Å². The average Bonchev–Trinajstić information content (AvgIpc) is 2.25. The third-order valence-corrected chi connectivity index (χ3v) is 2.98. The van der Waals surface area contributed by atoms with Crippen molar-refractivity contribution in [3.63, 3.8) is 0 Å². The van der Waals surface area contributed by atoms with Gasteiger partial charge < -0.3 is 15.3 Å². The zero-order valence-corrected chi connectivity index (χ0v) is 11.5. The number of nitrogens with one attached hydrogen (secondary N) is 1. The molecule has 0 aromatic rings. The van der Waals surface area contributed by atoms with Crippen LogP contribution in [0.4, 0.5) is 4.79 Å². The van der Waals surface area contributed by atoms with E-state index in [9.17, 15) is 13.8 Å². The van der Waals surface area contributed by atoms with Crippen LogP contribution in [0, 0.1) is 0 Å². The average molecular weight is 276 g/mol. The Hall–Kier alpha value is -1.37. The Morgan fingerprint density at radius 1 is 1.56 bits per heavy atom. The molecule has 0 saturated carbocycles. The number of hydrogen-bond acceptors (Lipinski definition) is 3. The molecule has 0 rings (SSSR count). The van der Waals surface area contributed by atoms with Crippen LogP contribution in [0.15, 0.2) is 12.7 Å². The van der Waals surface area contributed by atoms with Crippen LogP contribution in [0.25, 0.3) is 0 Å². The third kappa shape index (κ3) is 7.83. The summed E-state index contributed by atoms with van der Waals surface area (Å²) in [7, 11) is -0.899. The van der Waals surface area contributed by atoms with Crippen molar-refractivity contribution in [1.29, 1.82) is 0 Å². The minimum atomic E-state index is -1.07. The Balaban J connectivity index is 4.26. The minimum absolute atomic E-state index is 0.150. The smallest absolute Gasteiger partial charge is 0.323 e.